The van der Waals surface area contributed by atoms with Crippen LogP contribution < -0.4 is 0 Å². The lowest BCUT2D eigenvalue weighted by molar-refractivity contribution is -0.384. The fourth-order valence-corrected chi connectivity index (χ4v) is 10.6. The summed E-state index contributed by atoms with van der Waals surface area (Å²) in [7, 11) is 0. The van der Waals surface area contributed by atoms with Crippen LogP contribution in [-0.2, 0) is 16.2 Å². The number of rotatable bonds is 6. The van der Waals surface area contributed by atoms with Gasteiger partial charge in [-0.15, -0.1) is 0 Å². The summed E-state index contributed by atoms with van der Waals surface area (Å²) >= 11 is 0. The Morgan fingerprint density at radius 1 is 0.558 bits per heavy atom. The molecular formula is C40H35NO2. The van der Waals surface area contributed by atoms with E-state index >= 15 is 0 Å². The smallest absolute Gasteiger partial charge is 0.258 e. The van der Waals surface area contributed by atoms with Gasteiger partial charge in [0.05, 0.1) is 4.92 Å². The van der Waals surface area contributed by atoms with E-state index in [0.29, 0.717) is 11.8 Å². The summed E-state index contributed by atoms with van der Waals surface area (Å²) in [6.07, 6.45) is 4.50. The molecule has 0 amide bonds. The Kier molecular flexibility index (Phi) is 5.94. The van der Waals surface area contributed by atoms with Gasteiger partial charge < -0.3 is 0 Å². The number of nitro groups is 1. The summed E-state index contributed by atoms with van der Waals surface area (Å²) < 4.78 is 0. The van der Waals surface area contributed by atoms with Gasteiger partial charge in [0.1, 0.15) is 0 Å². The molecule has 0 aromatic heterocycles. The van der Waals surface area contributed by atoms with E-state index in [1.54, 1.807) is 12.1 Å². The van der Waals surface area contributed by atoms with Gasteiger partial charge >= 0.3 is 0 Å². The van der Waals surface area contributed by atoms with Crippen molar-refractivity contribution < 1.29 is 4.92 Å². The quantitative estimate of drug-likeness (QED) is 0.153. The van der Waals surface area contributed by atoms with E-state index in [9.17, 15) is 10.1 Å². The van der Waals surface area contributed by atoms with Gasteiger partial charge in [0.2, 0.25) is 0 Å². The maximum atomic E-state index is 11.7. The molecule has 4 saturated carbocycles. The van der Waals surface area contributed by atoms with E-state index in [1.165, 1.54) is 34.2 Å². The zero-order valence-electron chi connectivity index (χ0n) is 24.2. The van der Waals surface area contributed by atoms with Gasteiger partial charge in [-0.3, -0.25) is 10.1 Å². The van der Waals surface area contributed by atoms with Crippen molar-refractivity contribution >= 4 is 5.69 Å². The van der Waals surface area contributed by atoms with Crippen LogP contribution in [0.2, 0.25) is 0 Å². The molecule has 0 aliphatic heterocycles. The molecular weight excluding hydrogens is 526 g/mol. The van der Waals surface area contributed by atoms with Crippen LogP contribution in [0.5, 0.6) is 0 Å². The summed E-state index contributed by atoms with van der Waals surface area (Å²) in [6.45, 7) is 0. The van der Waals surface area contributed by atoms with Crippen molar-refractivity contribution in [1.29, 1.82) is 0 Å². The van der Waals surface area contributed by atoms with Crippen molar-refractivity contribution in [3.05, 3.63) is 184 Å². The third-order valence-electron chi connectivity index (χ3n) is 11.4. The van der Waals surface area contributed by atoms with E-state index in [0.717, 1.165) is 19.3 Å². The average molecular weight is 562 g/mol. The van der Waals surface area contributed by atoms with Gasteiger partial charge in [0.15, 0.2) is 0 Å². The first-order valence-corrected chi connectivity index (χ1v) is 15.6. The van der Waals surface area contributed by atoms with Crippen LogP contribution >= 0.6 is 0 Å². The Morgan fingerprint density at radius 2 is 1.05 bits per heavy atom. The summed E-state index contributed by atoms with van der Waals surface area (Å²) in [4.78, 5) is 11.4. The molecule has 43 heavy (non-hydrogen) atoms. The molecule has 0 N–H and O–H groups in total. The van der Waals surface area contributed by atoms with E-state index < -0.39 is 0 Å². The fourth-order valence-electron chi connectivity index (χ4n) is 10.6. The Hall–Kier alpha value is -4.50. The minimum absolute atomic E-state index is 0.129. The third-order valence-corrected chi connectivity index (χ3v) is 11.4. The van der Waals surface area contributed by atoms with Crippen molar-refractivity contribution in [2.75, 3.05) is 0 Å². The third kappa shape index (κ3) is 3.48. The monoisotopic (exact) mass is 561 g/mol. The zero-order chi connectivity index (χ0) is 29.1. The lowest BCUT2D eigenvalue weighted by Gasteiger charge is -2.76. The van der Waals surface area contributed by atoms with Gasteiger partial charge in [0.25, 0.3) is 5.69 Å². The largest absolute Gasteiger partial charge is 0.269 e. The van der Waals surface area contributed by atoms with Crippen LogP contribution in [0.1, 0.15) is 59.4 Å². The Bertz CT molecular complexity index is 1710. The molecule has 4 aliphatic carbocycles. The number of nitrogens with zero attached hydrogens (tertiary/aromatic N) is 1. The van der Waals surface area contributed by atoms with Gasteiger partial charge in [-0.2, -0.15) is 0 Å². The Labute approximate surface area is 253 Å². The molecule has 9 rings (SSSR count). The number of hydrogen-bond donors (Lipinski definition) is 0. The second-order valence-electron chi connectivity index (χ2n) is 13.1. The number of nitro benzene ring substituents is 1. The van der Waals surface area contributed by atoms with Crippen molar-refractivity contribution in [2.24, 2.45) is 11.8 Å². The topological polar surface area (TPSA) is 43.1 Å². The molecule has 0 radical (unpaired) electrons. The first-order valence-electron chi connectivity index (χ1n) is 15.6. The average Bonchev–Trinajstić information content (AvgIpc) is 3.06. The molecule has 4 aliphatic rings. The van der Waals surface area contributed by atoms with E-state index in [4.69, 9.17) is 0 Å². The number of non-ortho nitro benzene ring substituents is 1. The predicted octanol–water partition coefficient (Wildman–Crippen LogP) is 9.37. The van der Waals surface area contributed by atoms with Gasteiger partial charge in [-0.05, 0) is 71.3 Å². The lowest BCUT2D eigenvalue weighted by Crippen LogP contribution is -2.74. The Balaban J connectivity index is 1.55. The second-order valence-corrected chi connectivity index (χ2v) is 13.1. The molecule has 5 aromatic carbocycles. The highest BCUT2D eigenvalue weighted by molar-refractivity contribution is 5.62. The van der Waals surface area contributed by atoms with Gasteiger partial charge in [-0.25, -0.2) is 0 Å². The standard InChI is InChI=1S/C40H35NO2/c42-41(43)36-23-21-30(22-24-36)37-31-25-29-26-38(28-31,32-13-5-1-6-14-32)40(34-17-9-3-10-18-34,35-19-11-4-12-20-35)39(37,27-29)33-15-7-2-8-16-33/h1-24,29,31,37H,25-28H2. The number of benzene rings is 5. The summed E-state index contributed by atoms with van der Waals surface area (Å²) in [6, 6.07) is 52.8. The molecule has 0 spiro atoms. The highest BCUT2D eigenvalue weighted by Crippen LogP contribution is 2.79. The van der Waals surface area contributed by atoms with E-state index in [2.05, 4.69) is 133 Å². The lowest BCUT2D eigenvalue weighted by atomic mass is 9.26. The van der Waals surface area contributed by atoms with Crippen molar-refractivity contribution in [3.63, 3.8) is 0 Å². The fraction of sp³-hybridized carbons (Fsp3) is 0.250. The summed E-state index contributed by atoms with van der Waals surface area (Å²) in [5.41, 5.74) is 6.10. The van der Waals surface area contributed by atoms with Gasteiger partial charge in [0, 0.05) is 28.4 Å². The minimum atomic E-state index is -0.384. The van der Waals surface area contributed by atoms with Gasteiger partial charge in [-0.1, -0.05) is 133 Å². The molecule has 3 nitrogen and oxygen atoms in total. The maximum Gasteiger partial charge on any atom is 0.269 e. The van der Waals surface area contributed by atoms with Crippen LogP contribution in [0, 0.1) is 22.0 Å². The summed E-state index contributed by atoms with van der Waals surface area (Å²) in [5.74, 6) is 1.24. The van der Waals surface area contributed by atoms with Crippen LogP contribution in [-0.4, -0.2) is 4.92 Å². The Morgan fingerprint density at radius 3 is 1.56 bits per heavy atom. The van der Waals surface area contributed by atoms with Crippen molar-refractivity contribution in [2.45, 2.75) is 47.8 Å². The van der Waals surface area contributed by atoms with Crippen LogP contribution in [0.15, 0.2) is 146 Å². The molecule has 0 heterocycles. The van der Waals surface area contributed by atoms with Crippen LogP contribution in [0.25, 0.3) is 0 Å². The van der Waals surface area contributed by atoms with E-state index in [-0.39, 0.29) is 32.8 Å². The zero-order valence-corrected chi connectivity index (χ0v) is 24.2. The second kappa shape index (κ2) is 9.77. The van der Waals surface area contributed by atoms with Crippen molar-refractivity contribution in [3.8, 4) is 0 Å². The highest BCUT2D eigenvalue weighted by Gasteiger charge is 2.76. The molecule has 3 heteroatoms. The first kappa shape index (κ1) is 26.2. The summed E-state index contributed by atoms with van der Waals surface area (Å²) in [5, 5.41) is 11.7. The normalized spacial score (nSPS) is 28.4. The molecule has 4 bridgehead atoms. The molecule has 5 atom stereocenters. The van der Waals surface area contributed by atoms with Crippen LogP contribution in [0.3, 0.4) is 0 Å². The SMILES string of the molecule is O=[N+]([O-])c1ccc(C2C3CC4CC(c5ccccc5)(C3)C(c3ccccc3)(c3ccccc3)C2(c2ccccc2)C4)cc1. The molecule has 5 aromatic rings. The minimum Gasteiger partial charge on any atom is -0.258 e. The molecule has 212 valence electrons. The van der Waals surface area contributed by atoms with Crippen molar-refractivity contribution in [1.82, 2.24) is 0 Å². The molecule has 4 fully saturated rings. The van der Waals surface area contributed by atoms with Crippen LogP contribution in [0.4, 0.5) is 5.69 Å². The molecule has 5 unspecified atom stereocenters. The first-order chi connectivity index (χ1) is 21.1. The van der Waals surface area contributed by atoms with E-state index in [1.807, 2.05) is 0 Å². The number of hydrogen-bond acceptors (Lipinski definition) is 2. The molecule has 0 saturated heterocycles. The predicted molar refractivity (Wildman–Crippen MR) is 171 cm³/mol. The maximum absolute atomic E-state index is 11.7. The highest BCUT2D eigenvalue weighted by atomic mass is 16.6.